The van der Waals surface area contributed by atoms with E-state index in [-0.39, 0.29) is 23.1 Å². The number of carbonyl (C=O) groups excluding carboxylic acids is 2. The molecule has 0 aliphatic rings. The summed E-state index contributed by atoms with van der Waals surface area (Å²) in [7, 11) is 0. The van der Waals surface area contributed by atoms with Gasteiger partial charge in [0, 0.05) is 6.07 Å². The summed E-state index contributed by atoms with van der Waals surface area (Å²) in [4.78, 5) is 31.2. The lowest BCUT2D eigenvalue weighted by Gasteiger charge is -2.12. The summed E-state index contributed by atoms with van der Waals surface area (Å²) in [5.74, 6) is -0.429. The van der Waals surface area contributed by atoms with Gasteiger partial charge in [0.25, 0.3) is 5.91 Å². The second-order valence-corrected chi connectivity index (χ2v) is 6.85. The maximum Gasteiger partial charge on any atom is 0.416 e. The van der Waals surface area contributed by atoms with E-state index >= 15 is 0 Å². The molecule has 1 aromatic carbocycles. The molecule has 0 saturated heterocycles. The Balaban J connectivity index is 2.23. The Kier molecular flexibility index (Phi) is 7.58. The van der Waals surface area contributed by atoms with Crippen LogP contribution in [0.15, 0.2) is 48.2 Å². The molecule has 0 spiro atoms. The maximum absolute atomic E-state index is 12.6. The third-order valence-electron chi connectivity index (χ3n) is 4.15. The molecule has 0 saturated carbocycles. The van der Waals surface area contributed by atoms with Crippen molar-refractivity contribution in [3.63, 3.8) is 0 Å². The normalized spacial score (nSPS) is 13.4. The van der Waals surface area contributed by atoms with Crippen LogP contribution < -0.4 is 21.5 Å². The summed E-state index contributed by atoms with van der Waals surface area (Å²) in [5.41, 5.74) is 10.2. The van der Waals surface area contributed by atoms with Gasteiger partial charge in [-0.3, -0.25) is 9.59 Å². The number of alkyl halides is 3. The number of rotatable bonds is 8. The number of halogens is 3. The zero-order valence-corrected chi connectivity index (χ0v) is 17.5. The van der Waals surface area contributed by atoms with Gasteiger partial charge in [-0.1, -0.05) is 6.08 Å². The number of benzene rings is 1. The first-order chi connectivity index (χ1) is 14.9. The van der Waals surface area contributed by atoms with Crippen LogP contribution in [0.2, 0.25) is 0 Å². The number of nitrogens with two attached hydrogens (primary N) is 2. The van der Waals surface area contributed by atoms with Crippen LogP contribution in [-0.4, -0.2) is 27.8 Å². The van der Waals surface area contributed by atoms with Crippen molar-refractivity contribution in [3.8, 4) is 5.75 Å². The smallest absolute Gasteiger partial charge is 0.416 e. The summed E-state index contributed by atoms with van der Waals surface area (Å²) in [6.45, 7) is 4.81. The van der Waals surface area contributed by atoms with Crippen molar-refractivity contribution in [1.29, 1.82) is 0 Å². The van der Waals surface area contributed by atoms with Crippen LogP contribution >= 0.6 is 0 Å². The predicted octanol–water partition coefficient (Wildman–Crippen LogP) is 3.27. The predicted molar refractivity (Wildman–Crippen MR) is 112 cm³/mol. The zero-order valence-electron chi connectivity index (χ0n) is 17.5. The van der Waals surface area contributed by atoms with E-state index < -0.39 is 29.6 Å². The van der Waals surface area contributed by atoms with Crippen LogP contribution in [0.25, 0.3) is 5.57 Å². The van der Waals surface area contributed by atoms with E-state index in [0.717, 1.165) is 12.1 Å². The van der Waals surface area contributed by atoms with Crippen LogP contribution in [0.3, 0.4) is 0 Å². The Morgan fingerprint density at radius 2 is 1.72 bits per heavy atom. The highest BCUT2D eigenvalue weighted by Crippen LogP contribution is 2.30. The van der Waals surface area contributed by atoms with Crippen LogP contribution in [0.1, 0.15) is 42.6 Å². The highest BCUT2D eigenvalue weighted by atomic mass is 19.4. The molecule has 1 heterocycles. The van der Waals surface area contributed by atoms with Crippen molar-refractivity contribution >= 4 is 23.2 Å². The number of ether oxygens (including phenoxy) is 1. The number of hydrogen-bond acceptors (Lipinski definition) is 6. The highest BCUT2D eigenvalue weighted by molar-refractivity contribution is 5.92. The molecule has 2 rings (SSSR count). The van der Waals surface area contributed by atoms with E-state index in [4.69, 9.17) is 16.2 Å². The lowest BCUT2D eigenvalue weighted by molar-refractivity contribution is -0.137. The van der Waals surface area contributed by atoms with Gasteiger partial charge in [0.1, 0.15) is 29.1 Å². The van der Waals surface area contributed by atoms with Crippen molar-refractivity contribution in [2.24, 2.45) is 11.5 Å². The fourth-order valence-electron chi connectivity index (χ4n) is 2.37. The van der Waals surface area contributed by atoms with Crippen LogP contribution in [0, 0.1) is 0 Å². The second-order valence-electron chi connectivity index (χ2n) is 6.85. The lowest BCUT2D eigenvalue weighted by atomic mass is 10.2. The van der Waals surface area contributed by atoms with E-state index in [0.29, 0.717) is 11.3 Å². The number of amides is 2. The Hall–Kier alpha value is -3.89. The third kappa shape index (κ3) is 6.83. The Morgan fingerprint density at radius 1 is 1.09 bits per heavy atom. The second kappa shape index (κ2) is 9.94. The SMILES string of the molecule is C/C(=C\C=C(/C)c1nc(N[C@@H](C)C(N)=O)cc(C(N)=O)n1)Oc1ccc(C(F)(F)F)cc1. The summed E-state index contributed by atoms with van der Waals surface area (Å²) < 4.78 is 43.4. The van der Waals surface area contributed by atoms with Gasteiger partial charge in [-0.15, -0.1) is 0 Å². The molecule has 8 nitrogen and oxygen atoms in total. The van der Waals surface area contributed by atoms with E-state index in [1.165, 1.54) is 25.1 Å². The minimum atomic E-state index is -4.42. The van der Waals surface area contributed by atoms with Gasteiger partial charge in [0.2, 0.25) is 5.91 Å². The molecule has 32 heavy (non-hydrogen) atoms. The number of nitrogens with one attached hydrogen (secondary N) is 1. The van der Waals surface area contributed by atoms with Gasteiger partial charge in [-0.2, -0.15) is 13.2 Å². The summed E-state index contributed by atoms with van der Waals surface area (Å²) in [5, 5.41) is 2.76. The van der Waals surface area contributed by atoms with Gasteiger partial charge in [0.15, 0.2) is 5.82 Å². The Morgan fingerprint density at radius 3 is 2.25 bits per heavy atom. The molecule has 2 aromatic rings. The number of anilines is 1. The highest BCUT2D eigenvalue weighted by Gasteiger charge is 2.30. The van der Waals surface area contributed by atoms with Gasteiger partial charge in [-0.05, 0) is 56.7 Å². The van der Waals surface area contributed by atoms with E-state index in [9.17, 15) is 22.8 Å². The molecular weight excluding hydrogens is 427 g/mol. The lowest BCUT2D eigenvalue weighted by Crippen LogP contribution is -2.33. The van der Waals surface area contributed by atoms with Crippen molar-refractivity contribution in [2.45, 2.75) is 33.0 Å². The van der Waals surface area contributed by atoms with Crippen molar-refractivity contribution in [1.82, 2.24) is 9.97 Å². The molecule has 5 N–H and O–H groups in total. The van der Waals surface area contributed by atoms with E-state index in [1.54, 1.807) is 26.0 Å². The number of hydrogen-bond donors (Lipinski definition) is 3. The minimum Gasteiger partial charge on any atom is -0.462 e. The number of primary amides is 2. The monoisotopic (exact) mass is 449 g/mol. The topological polar surface area (TPSA) is 133 Å². The molecule has 2 amide bonds. The molecule has 0 aliphatic heterocycles. The van der Waals surface area contributed by atoms with Crippen molar-refractivity contribution < 1.29 is 27.5 Å². The Labute approximate surface area is 182 Å². The average molecular weight is 449 g/mol. The molecule has 1 aromatic heterocycles. The van der Waals surface area contributed by atoms with Crippen LogP contribution in [0.5, 0.6) is 5.75 Å². The average Bonchev–Trinajstić information content (AvgIpc) is 2.71. The molecule has 0 radical (unpaired) electrons. The van der Waals surface area contributed by atoms with Crippen molar-refractivity contribution in [2.75, 3.05) is 5.32 Å². The standard InChI is InChI=1S/C21H22F3N5O3/c1-11(4-5-12(2)32-15-8-6-14(7-9-15)21(22,23)24)20-28-16(19(26)31)10-17(29-20)27-13(3)18(25)30/h4-10,13H,1-3H3,(H2,25,30)(H2,26,31)(H,27,28,29)/b11-4+,12-5+/t13-/m0/s1. The minimum absolute atomic E-state index is 0.0661. The Bertz CT molecular complexity index is 1060. The van der Waals surface area contributed by atoms with Crippen LogP contribution in [0.4, 0.5) is 19.0 Å². The molecule has 0 aliphatic carbocycles. The van der Waals surface area contributed by atoms with E-state index in [2.05, 4.69) is 15.3 Å². The third-order valence-corrected chi connectivity index (χ3v) is 4.15. The fourth-order valence-corrected chi connectivity index (χ4v) is 2.37. The molecule has 1 atom stereocenters. The molecule has 0 bridgehead atoms. The number of aromatic nitrogens is 2. The summed E-state index contributed by atoms with van der Waals surface area (Å²) in [6, 6.07) is 4.83. The number of nitrogens with zero attached hydrogens (tertiary/aromatic N) is 2. The molecule has 0 unspecified atom stereocenters. The van der Waals surface area contributed by atoms with Gasteiger partial charge in [-0.25, -0.2) is 9.97 Å². The van der Waals surface area contributed by atoms with Gasteiger partial charge >= 0.3 is 6.18 Å². The number of allylic oxidation sites excluding steroid dienone is 4. The fraction of sp³-hybridized carbons (Fsp3) is 0.238. The first-order valence-corrected chi connectivity index (χ1v) is 9.32. The quantitative estimate of drug-likeness (QED) is 0.418. The first kappa shape index (κ1) is 24.4. The van der Waals surface area contributed by atoms with Gasteiger partial charge in [0.05, 0.1) is 5.56 Å². The zero-order chi connectivity index (χ0) is 24.1. The van der Waals surface area contributed by atoms with E-state index in [1.807, 2.05) is 0 Å². The molecular formula is C21H22F3N5O3. The molecule has 170 valence electrons. The summed E-state index contributed by atoms with van der Waals surface area (Å²) >= 11 is 0. The number of carbonyl (C=O) groups is 2. The first-order valence-electron chi connectivity index (χ1n) is 9.32. The molecule has 0 fully saturated rings. The summed E-state index contributed by atoms with van der Waals surface area (Å²) in [6.07, 6.45) is -1.26. The maximum atomic E-state index is 12.6. The van der Waals surface area contributed by atoms with Crippen LogP contribution in [-0.2, 0) is 11.0 Å². The van der Waals surface area contributed by atoms with Gasteiger partial charge < -0.3 is 21.5 Å². The van der Waals surface area contributed by atoms with Crippen molar-refractivity contribution in [3.05, 3.63) is 65.3 Å². The largest absolute Gasteiger partial charge is 0.462 e. The molecule has 11 heteroatoms.